The van der Waals surface area contributed by atoms with Crippen molar-refractivity contribution in [2.75, 3.05) is 42.5 Å². The molecule has 0 unspecified atom stereocenters. The van der Waals surface area contributed by atoms with Crippen molar-refractivity contribution in [3.05, 3.63) is 187 Å². The molecule has 25 heteroatoms. The van der Waals surface area contributed by atoms with Gasteiger partial charge in [0.2, 0.25) is 20.0 Å². The molecule has 0 fully saturated rings. The van der Waals surface area contributed by atoms with Gasteiger partial charge in [-0.05, 0) is 90.8 Å². The van der Waals surface area contributed by atoms with Gasteiger partial charge in [-0.1, -0.05) is 42.0 Å². The molecule has 9 N–H and O–H groups in total. The minimum Gasteiger partial charge on any atom is -0.508 e. The van der Waals surface area contributed by atoms with Gasteiger partial charge in [0.15, 0.2) is 45.9 Å². The number of hydrogen-bond donors (Lipinski definition) is 7. The number of nitriles is 1. The second-order valence-electron chi connectivity index (χ2n) is 18.0. The van der Waals surface area contributed by atoms with Crippen molar-refractivity contribution in [2.24, 2.45) is 10.3 Å². The Morgan fingerprint density at radius 3 is 1.60 bits per heavy atom. The van der Waals surface area contributed by atoms with Crippen LogP contribution in [0.2, 0.25) is 0 Å². The van der Waals surface area contributed by atoms with Crippen molar-refractivity contribution < 1.29 is 36.5 Å². The van der Waals surface area contributed by atoms with E-state index in [0.29, 0.717) is 47.5 Å². The summed E-state index contributed by atoms with van der Waals surface area (Å²) in [4.78, 5) is 26.4. The second-order valence-corrected chi connectivity index (χ2v) is 21.3. The molecule has 0 saturated heterocycles. The first-order chi connectivity index (χ1) is 39.0. The number of anilines is 3. The number of primary sulfonamides is 2. The van der Waals surface area contributed by atoms with Crippen LogP contribution < -0.4 is 35.7 Å². The third kappa shape index (κ3) is 13.2. The molecular formula is C56H53N15O8S2. The van der Waals surface area contributed by atoms with E-state index in [1.165, 1.54) is 29.3 Å². The largest absolute Gasteiger partial charge is 0.508 e. The summed E-state index contributed by atoms with van der Waals surface area (Å²) in [6, 6.07) is 34.0. The Balaban J connectivity index is 0.000000147. The van der Waals surface area contributed by atoms with Crippen LogP contribution in [0.5, 0.6) is 23.0 Å². The molecule has 11 rings (SSSR count). The van der Waals surface area contributed by atoms with Crippen molar-refractivity contribution in [3.63, 3.8) is 0 Å². The van der Waals surface area contributed by atoms with Crippen molar-refractivity contribution in [3.8, 4) is 62.8 Å². The van der Waals surface area contributed by atoms with Gasteiger partial charge >= 0.3 is 0 Å². The summed E-state index contributed by atoms with van der Waals surface area (Å²) in [6.45, 7) is 3.32. The van der Waals surface area contributed by atoms with Gasteiger partial charge in [0.25, 0.3) is 0 Å². The number of aromatic hydroxyl groups is 2. The maximum Gasteiger partial charge on any atom is 0.238 e. The predicted molar refractivity (Wildman–Crippen MR) is 307 cm³/mol. The number of ether oxygens (including phenoxy) is 2. The fourth-order valence-corrected chi connectivity index (χ4v) is 9.39. The topological polar surface area (TPSA) is 330 Å². The van der Waals surface area contributed by atoms with Crippen LogP contribution in [0.25, 0.3) is 50.7 Å². The number of imidazole rings is 3. The van der Waals surface area contributed by atoms with Crippen LogP contribution in [-0.4, -0.2) is 96.7 Å². The number of aryl methyl sites for hydroxylation is 1. The Labute approximate surface area is 464 Å². The van der Waals surface area contributed by atoms with E-state index >= 15 is 0 Å². The molecule has 11 aromatic rings. The number of methoxy groups -OCH3 is 2. The average molecular weight is 1130 g/mol. The summed E-state index contributed by atoms with van der Waals surface area (Å²) in [5.41, 5.74) is 10.5. The lowest BCUT2D eigenvalue weighted by molar-refractivity contribution is 0.355. The molecule has 0 aliphatic carbocycles. The molecule has 0 atom stereocenters. The number of nitrogens with one attached hydrogen (secondary N) is 3. The molecule has 81 heavy (non-hydrogen) atoms. The fraction of sp³-hybridized carbons (Fsp3) is 0.125. The third-order valence-corrected chi connectivity index (χ3v) is 14.2. The first kappa shape index (κ1) is 55.6. The number of phenolic OH excluding ortho intramolecular Hbond substituents is 2. The molecule has 0 radical (unpaired) electrons. The average Bonchev–Trinajstić information content (AvgIpc) is 4.32. The molecule has 0 bridgehead atoms. The minimum atomic E-state index is -3.73. The normalized spacial score (nSPS) is 11.3. The maximum atomic E-state index is 11.4. The summed E-state index contributed by atoms with van der Waals surface area (Å²) in [5, 5.41) is 48.0. The number of benzene rings is 5. The van der Waals surface area contributed by atoms with Gasteiger partial charge in [-0.15, -0.1) is 0 Å². The standard InChI is InChI=1S/C20H16N6O3S.C20H18N4O.C16H19N5O4S/c21-10-15-9-14(3-6-18(15)27)17-12-25-20-19(23-7-8-26(17)20)24-11-13-1-4-16(5-2-13)30(22,28)29;1-14-3-2-4-15(11-14)12-22-19-20-23-13-18(24(20)10-9-21-19)16-5-7-17(25)8-6-16;1-24-13-4-3-11(9-14(13)25-2)12-10-20-16-15(18-5-7-21(12)16)19-6-8-26(17,22)23/h1-9,12,27H,11H2,(H,23,24)(H2,22,28,29);2-11,13,25H,12H2,1H3,(H,21,22);3-5,7,9-10H,6,8H2,1-2H3,(H,18,19)(H2,17,22,23). The highest BCUT2D eigenvalue weighted by Crippen LogP contribution is 2.34. The van der Waals surface area contributed by atoms with E-state index in [2.05, 4.69) is 77.0 Å². The monoisotopic (exact) mass is 1130 g/mol. The summed E-state index contributed by atoms with van der Waals surface area (Å²) in [5.74, 6) is 2.99. The zero-order valence-corrected chi connectivity index (χ0v) is 45.3. The first-order valence-corrected chi connectivity index (χ1v) is 27.9. The molecule has 6 heterocycles. The smallest absolute Gasteiger partial charge is 0.238 e. The second kappa shape index (κ2) is 24.3. The number of sulfonamides is 2. The molecule has 0 saturated carbocycles. The lowest BCUT2D eigenvalue weighted by Gasteiger charge is -2.10. The molecular weight excluding hydrogens is 1070 g/mol. The molecule has 0 aliphatic heterocycles. The Bertz CT molecular complexity index is 4320. The van der Waals surface area contributed by atoms with Crippen LogP contribution in [0.4, 0.5) is 17.5 Å². The predicted octanol–water partition coefficient (Wildman–Crippen LogP) is 7.37. The van der Waals surface area contributed by atoms with E-state index in [1.54, 1.807) is 94.0 Å². The highest BCUT2D eigenvalue weighted by Gasteiger charge is 2.16. The maximum absolute atomic E-state index is 11.4. The minimum absolute atomic E-state index is 0.0509. The van der Waals surface area contributed by atoms with E-state index in [0.717, 1.165) is 50.8 Å². The highest BCUT2D eigenvalue weighted by atomic mass is 32.2. The Morgan fingerprint density at radius 2 is 1.09 bits per heavy atom. The SMILES string of the molecule is COc1ccc(-c2cnc3c(NCCS(N)(=O)=O)nccn23)cc1OC.Cc1cccc(CNc2nccn3c(-c4ccc(O)cc4)cnc23)c1.N#Cc1cc(-c2cnc3c(NCc4ccc(S(N)(=O)=O)cc4)nccn23)ccc1O. The number of rotatable bonds is 16. The van der Waals surface area contributed by atoms with Gasteiger partial charge < -0.3 is 35.6 Å². The number of nitrogens with zero attached hydrogens (tertiary/aromatic N) is 10. The molecule has 0 spiro atoms. The van der Waals surface area contributed by atoms with Crippen LogP contribution in [0.15, 0.2) is 170 Å². The van der Waals surface area contributed by atoms with Crippen molar-refractivity contribution in [1.29, 1.82) is 5.26 Å². The quantitative estimate of drug-likeness (QED) is 0.0496. The van der Waals surface area contributed by atoms with Crippen molar-refractivity contribution >= 4 is 54.4 Å². The lowest BCUT2D eigenvalue weighted by Crippen LogP contribution is -2.22. The number of fused-ring (bicyclic) bond motifs is 3. The van der Waals surface area contributed by atoms with Crippen LogP contribution in [0, 0.1) is 18.3 Å². The molecule has 412 valence electrons. The summed E-state index contributed by atoms with van der Waals surface area (Å²) in [6.07, 6.45) is 15.6. The zero-order chi connectivity index (χ0) is 57.3. The van der Waals surface area contributed by atoms with E-state index in [4.69, 9.17) is 25.0 Å². The molecule has 6 aromatic heterocycles. The Morgan fingerprint density at radius 1 is 0.580 bits per heavy atom. The van der Waals surface area contributed by atoms with Gasteiger partial charge in [-0.25, -0.2) is 57.0 Å². The van der Waals surface area contributed by atoms with E-state index in [-0.39, 0.29) is 34.3 Å². The van der Waals surface area contributed by atoms with Gasteiger partial charge in [-0.3, -0.25) is 13.2 Å². The van der Waals surface area contributed by atoms with E-state index in [9.17, 15) is 27.0 Å². The van der Waals surface area contributed by atoms with Gasteiger partial charge in [0.05, 0.1) is 66.1 Å². The highest BCUT2D eigenvalue weighted by molar-refractivity contribution is 7.89. The molecule has 0 aliphatic rings. The van der Waals surface area contributed by atoms with Gasteiger partial charge in [0, 0.05) is 73.5 Å². The number of aromatic nitrogens is 9. The van der Waals surface area contributed by atoms with Crippen molar-refractivity contribution in [2.45, 2.75) is 24.9 Å². The Hall–Kier alpha value is -10.1. The van der Waals surface area contributed by atoms with Crippen LogP contribution in [-0.2, 0) is 33.1 Å². The van der Waals surface area contributed by atoms with Crippen LogP contribution in [0.1, 0.15) is 22.3 Å². The molecule has 0 amide bonds. The van der Waals surface area contributed by atoms with E-state index in [1.807, 2.05) is 62.0 Å². The third-order valence-electron chi connectivity index (χ3n) is 12.5. The van der Waals surface area contributed by atoms with Crippen LogP contribution >= 0.6 is 0 Å². The first-order valence-electron chi connectivity index (χ1n) is 24.6. The molecule has 5 aromatic carbocycles. The summed E-state index contributed by atoms with van der Waals surface area (Å²) >= 11 is 0. The van der Waals surface area contributed by atoms with E-state index < -0.39 is 20.0 Å². The van der Waals surface area contributed by atoms with Crippen LogP contribution in [0.3, 0.4) is 0 Å². The number of phenols is 2. The zero-order valence-electron chi connectivity index (χ0n) is 43.7. The molecule has 23 nitrogen and oxygen atoms in total. The van der Waals surface area contributed by atoms with Crippen molar-refractivity contribution in [1.82, 2.24) is 43.1 Å². The summed E-state index contributed by atoms with van der Waals surface area (Å²) < 4.78 is 61.1. The lowest BCUT2D eigenvalue weighted by atomic mass is 10.1. The number of nitrogens with two attached hydrogens (primary N) is 2. The Kier molecular flexibility index (Phi) is 16.7. The summed E-state index contributed by atoms with van der Waals surface area (Å²) in [7, 11) is -4.11. The number of hydrogen-bond acceptors (Lipinski definition) is 18. The van der Waals surface area contributed by atoms with Gasteiger partial charge in [0.1, 0.15) is 17.6 Å². The van der Waals surface area contributed by atoms with Gasteiger partial charge in [-0.2, -0.15) is 5.26 Å². The fourth-order valence-electron chi connectivity index (χ4n) is 8.49.